The molecular weight excluding hydrogens is 382 g/mol. The van der Waals surface area contributed by atoms with Crippen LogP contribution in [0.15, 0.2) is 66.8 Å². The first-order chi connectivity index (χ1) is 14.6. The molecular formula is C23H23N3O4. The molecule has 0 unspecified atom stereocenters. The van der Waals surface area contributed by atoms with Crippen LogP contribution in [0.1, 0.15) is 12.5 Å². The van der Waals surface area contributed by atoms with Gasteiger partial charge in [-0.25, -0.2) is 0 Å². The molecule has 2 aromatic carbocycles. The molecule has 0 fully saturated rings. The Morgan fingerprint density at radius 1 is 1.13 bits per heavy atom. The molecule has 0 heterocycles. The first-order valence-corrected chi connectivity index (χ1v) is 9.32. The highest BCUT2D eigenvalue weighted by atomic mass is 16.5. The maximum atomic E-state index is 12.1. The van der Waals surface area contributed by atoms with E-state index in [-0.39, 0.29) is 24.6 Å². The first-order valence-electron chi connectivity index (χ1n) is 9.32. The van der Waals surface area contributed by atoms with E-state index in [4.69, 9.17) is 9.47 Å². The number of nitrogens with one attached hydrogen (secondary N) is 2. The Bertz CT molecular complexity index is 962. The Balaban J connectivity index is 2.11. The van der Waals surface area contributed by atoms with E-state index in [1.807, 2.05) is 31.2 Å². The van der Waals surface area contributed by atoms with Crippen molar-refractivity contribution in [3.8, 4) is 17.6 Å². The number of ether oxygens (including phenoxy) is 2. The van der Waals surface area contributed by atoms with Crippen molar-refractivity contribution in [1.29, 1.82) is 5.26 Å². The molecule has 2 N–H and O–H groups in total. The van der Waals surface area contributed by atoms with Gasteiger partial charge in [-0.1, -0.05) is 30.3 Å². The lowest BCUT2D eigenvalue weighted by atomic mass is 10.1. The van der Waals surface area contributed by atoms with E-state index in [1.165, 1.54) is 12.2 Å². The maximum Gasteiger partial charge on any atom is 0.262 e. The van der Waals surface area contributed by atoms with Crippen molar-refractivity contribution in [2.75, 3.05) is 25.1 Å². The summed E-state index contributed by atoms with van der Waals surface area (Å²) in [7, 11) is 0. The Hall–Kier alpha value is -4.05. The summed E-state index contributed by atoms with van der Waals surface area (Å²) in [6.45, 7) is 5.78. The summed E-state index contributed by atoms with van der Waals surface area (Å²) >= 11 is 0. The van der Waals surface area contributed by atoms with Crippen molar-refractivity contribution < 1.29 is 19.1 Å². The lowest BCUT2D eigenvalue weighted by molar-refractivity contribution is -0.118. The molecule has 7 nitrogen and oxygen atoms in total. The minimum atomic E-state index is -0.492. The summed E-state index contributed by atoms with van der Waals surface area (Å²) in [5.41, 5.74) is 1.22. The van der Waals surface area contributed by atoms with Gasteiger partial charge in [-0.3, -0.25) is 9.59 Å². The maximum absolute atomic E-state index is 12.1. The van der Waals surface area contributed by atoms with Crippen LogP contribution in [0.5, 0.6) is 11.5 Å². The molecule has 0 aliphatic heterocycles. The van der Waals surface area contributed by atoms with E-state index < -0.39 is 5.91 Å². The normalized spacial score (nSPS) is 10.5. The molecule has 154 valence electrons. The Morgan fingerprint density at radius 2 is 1.90 bits per heavy atom. The molecule has 0 aliphatic rings. The number of hydrogen-bond acceptors (Lipinski definition) is 5. The summed E-state index contributed by atoms with van der Waals surface area (Å²) in [6.07, 6.45) is 2.98. The van der Waals surface area contributed by atoms with Crippen LogP contribution in [0.2, 0.25) is 0 Å². The van der Waals surface area contributed by atoms with E-state index in [9.17, 15) is 14.9 Å². The summed E-state index contributed by atoms with van der Waals surface area (Å²) in [4.78, 5) is 24.1. The van der Waals surface area contributed by atoms with Crippen LogP contribution in [-0.4, -0.2) is 31.6 Å². The second kappa shape index (κ2) is 11.7. The molecule has 2 aromatic rings. The highest BCUT2D eigenvalue weighted by Gasteiger charge is 2.12. The van der Waals surface area contributed by atoms with Crippen molar-refractivity contribution >= 4 is 23.6 Å². The number of carbonyl (C=O) groups is 2. The highest BCUT2D eigenvalue weighted by Crippen LogP contribution is 2.29. The fraction of sp³-hybridized carbons (Fsp3) is 0.174. The van der Waals surface area contributed by atoms with E-state index in [2.05, 4.69) is 17.2 Å². The fourth-order valence-electron chi connectivity index (χ4n) is 2.44. The predicted octanol–water partition coefficient (Wildman–Crippen LogP) is 3.31. The molecule has 0 atom stereocenters. The minimum Gasteiger partial charge on any atom is -0.490 e. The van der Waals surface area contributed by atoms with Gasteiger partial charge in [0.05, 0.1) is 6.61 Å². The Morgan fingerprint density at radius 3 is 2.57 bits per heavy atom. The monoisotopic (exact) mass is 405 g/mol. The fourth-order valence-corrected chi connectivity index (χ4v) is 2.44. The van der Waals surface area contributed by atoms with Crippen LogP contribution in [0.4, 0.5) is 5.69 Å². The van der Waals surface area contributed by atoms with E-state index in [1.54, 1.807) is 30.3 Å². The smallest absolute Gasteiger partial charge is 0.262 e. The lowest BCUT2D eigenvalue weighted by Crippen LogP contribution is -2.24. The second-order valence-electron chi connectivity index (χ2n) is 6.01. The molecule has 0 spiro atoms. The van der Waals surface area contributed by atoms with Gasteiger partial charge in [-0.15, -0.1) is 6.58 Å². The average Bonchev–Trinajstić information content (AvgIpc) is 2.76. The van der Waals surface area contributed by atoms with Crippen molar-refractivity contribution in [2.24, 2.45) is 0 Å². The lowest BCUT2D eigenvalue weighted by Gasteiger charge is -2.13. The van der Waals surface area contributed by atoms with E-state index in [0.717, 1.165) is 0 Å². The van der Waals surface area contributed by atoms with Crippen LogP contribution in [0, 0.1) is 11.3 Å². The number of nitriles is 1. The predicted molar refractivity (Wildman–Crippen MR) is 115 cm³/mol. The standard InChI is InChI=1S/C23H23N3O4/c1-3-12-25-23(28)18(15-24)13-17-10-11-20(21(14-17)29-4-2)30-16-22(27)26-19-8-6-5-7-9-19/h3,5-11,13-14H,1,4,12,16H2,2H3,(H,25,28)(H,26,27)/b18-13+. The molecule has 2 amide bonds. The van der Waals surface area contributed by atoms with Crippen molar-refractivity contribution in [2.45, 2.75) is 6.92 Å². The Labute approximate surface area is 175 Å². The number of amides is 2. The van der Waals surface area contributed by atoms with Gasteiger partial charge in [0, 0.05) is 12.2 Å². The van der Waals surface area contributed by atoms with Crippen LogP contribution in [0.3, 0.4) is 0 Å². The summed E-state index contributed by atoms with van der Waals surface area (Å²) in [5, 5.41) is 14.5. The number of hydrogen-bond donors (Lipinski definition) is 2. The molecule has 2 rings (SSSR count). The number of para-hydroxylation sites is 1. The zero-order valence-electron chi connectivity index (χ0n) is 16.7. The van der Waals surface area contributed by atoms with Crippen LogP contribution < -0.4 is 20.1 Å². The molecule has 30 heavy (non-hydrogen) atoms. The third kappa shape index (κ3) is 6.84. The van der Waals surface area contributed by atoms with Crippen molar-refractivity contribution in [1.82, 2.24) is 5.32 Å². The summed E-state index contributed by atoms with van der Waals surface area (Å²) in [5.74, 6) is -0.0130. The quantitative estimate of drug-likeness (QED) is 0.359. The molecule has 0 radical (unpaired) electrons. The van der Waals surface area contributed by atoms with Crippen LogP contribution in [0.25, 0.3) is 6.08 Å². The summed E-state index contributed by atoms with van der Waals surface area (Å²) < 4.78 is 11.2. The zero-order valence-corrected chi connectivity index (χ0v) is 16.7. The number of rotatable bonds is 10. The van der Waals surface area contributed by atoms with Gasteiger partial charge in [0.2, 0.25) is 0 Å². The number of benzene rings is 2. The van der Waals surface area contributed by atoms with Gasteiger partial charge < -0.3 is 20.1 Å². The molecule has 0 saturated carbocycles. The number of anilines is 1. The van der Waals surface area contributed by atoms with E-state index >= 15 is 0 Å². The summed E-state index contributed by atoms with van der Waals surface area (Å²) in [6, 6.07) is 15.9. The van der Waals surface area contributed by atoms with Crippen LogP contribution in [-0.2, 0) is 9.59 Å². The van der Waals surface area contributed by atoms with Crippen LogP contribution >= 0.6 is 0 Å². The van der Waals surface area contributed by atoms with Gasteiger partial charge in [0.25, 0.3) is 11.8 Å². The zero-order chi connectivity index (χ0) is 21.8. The van der Waals surface area contributed by atoms with Gasteiger partial charge in [-0.2, -0.15) is 5.26 Å². The largest absolute Gasteiger partial charge is 0.490 e. The van der Waals surface area contributed by atoms with Crippen molar-refractivity contribution in [3.05, 3.63) is 72.3 Å². The first kappa shape index (κ1) is 22.2. The second-order valence-corrected chi connectivity index (χ2v) is 6.01. The van der Waals surface area contributed by atoms with Gasteiger partial charge in [-0.05, 0) is 42.8 Å². The highest BCUT2D eigenvalue weighted by molar-refractivity contribution is 6.01. The molecule has 0 saturated heterocycles. The topological polar surface area (TPSA) is 100 Å². The SMILES string of the molecule is C=CCNC(=O)/C(C#N)=C/c1ccc(OCC(=O)Nc2ccccc2)c(OCC)c1. The van der Waals surface area contributed by atoms with E-state index in [0.29, 0.717) is 29.4 Å². The number of carbonyl (C=O) groups excluding carboxylic acids is 2. The van der Waals surface area contributed by atoms with Crippen molar-refractivity contribution in [3.63, 3.8) is 0 Å². The molecule has 7 heteroatoms. The molecule has 0 aromatic heterocycles. The van der Waals surface area contributed by atoms with Gasteiger partial charge in [0.15, 0.2) is 18.1 Å². The number of nitrogens with zero attached hydrogens (tertiary/aromatic N) is 1. The third-order valence-corrected chi connectivity index (χ3v) is 3.77. The third-order valence-electron chi connectivity index (χ3n) is 3.77. The average molecular weight is 405 g/mol. The van der Waals surface area contributed by atoms with Gasteiger partial charge >= 0.3 is 0 Å². The molecule has 0 aliphatic carbocycles. The molecule has 0 bridgehead atoms. The Kier molecular flexibility index (Phi) is 8.69. The minimum absolute atomic E-state index is 0.0461. The van der Waals surface area contributed by atoms with Gasteiger partial charge in [0.1, 0.15) is 11.6 Å².